The summed E-state index contributed by atoms with van der Waals surface area (Å²) in [5.74, 6) is -0.127. The van der Waals surface area contributed by atoms with Crippen molar-refractivity contribution >= 4 is 12.0 Å². The van der Waals surface area contributed by atoms with Crippen molar-refractivity contribution in [1.82, 2.24) is 24.9 Å². The van der Waals surface area contributed by atoms with Crippen molar-refractivity contribution < 1.29 is 4.79 Å². The average Bonchev–Trinajstić information content (AvgIpc) is 3.00. The summed E-state index contributed by atoms with van der Waals surface area (Å²) in [5.41, 5.74) is 3.00. The Morgan fingerprint density at radius 3 is 2.80 bits per heavy atom. The molecule has 2 aromatic rings. The van der Waals surface area contributed by atoms with Crippen molar-refractivity contribution in [2.24, 2.45) is 7.05 Å². The fourth-order valence-electron chi connectivity index (χ4n) is 1.92. The van der Waals surface area contributed by atoms with Gasteiger partial charge in [0.25, 0.3) is 0 Å². The van der Waals surface area contributed by atoms with Crippen molar-refractivity contribution in [2.75, 3.05) is 0 Å². The van der Waals surface area contributed by atoms with Crippen LogP contribution in [0.4, 0.5) is 0 Å². The van der Waals surface area contributed by atoms with Crippen LogP contribution in [0.2, 0.25) is 0 Å². The summed E-state index contributed by atoms with van der Waals surface area (Å²) < 4.78 is 3.60. The van der Waals surface area contributed by atoms with Crippen molar-refractivity contribution in [1.29, 1.82) is 0 Å². The molecule has 0 saturated carbocycles. The van der Waals surface area contributed by atoms with Gasteiger partial charge in [-0.05, 0) is 19.9 Å². The van der Waals surface area contributed by atoms with Crippen LogP contribution in [-0.2, 0) is 24.9 Å². The van der Waals surface area contributed by atoms with E-state index in [-0.39, 0.29) is 5.91 Å². The largest absolute Gasteiger partial charge is 0.348 e. The second-order valence-electron chi connectivity index (χ2n) is 4.57. The summed E-state index contributed by atoms with van der Waals surface area (Å²) in [6.45, 7) is 5.33. The van der Waals surface area contributed by atoms with Crippen LogP contribution in [0.15, 0.2) is 24.7 Å². The molecule has 0 aliphatic heterocycles. The molecule has 0 aliphatic carbocycles. The van der Waals surface area contributed by atoms with Crippen molar-refractivity contribution in [3.05, 3.63) is 41.5 Å². The zero-order valence-electron chi connectivity index (χ0n) is 12.0. The lowest BCUT2D eigenvalue weighted by atomic mass is 10.2. The second-order valence-corrected chi connectivity index (χ2v) is 4.57. The molecule has 2 rings (SSSR count). The van der Waals surface area contributed by atoms with Crippen LogP contribution in [0.5, 0.6) is 0 Å². The molecule has 0 radical (unpaired) electrons. The minimum absolute atomic E-state index is 0.127. The van der Waals surface area contributed by atoms with E-state index in [1.807, 2.05) is 31.8 Å². The predicted octanol–water partition coefficient (Wildman–Crippen LogP) is 1.27. The molecular formula is C14H19N5O. The number of hydrogen-bond acceptors (Lipinski definition) is 3. The molecule has 1 N–H and O–H groups in total. The third-order valence-electron chi connectivity index (χ3n) is 3.08. The molecule has 2 heterocycles. The van der Waals surface area contributed by atoms with E-state index in [2.05, 4.69) is 15.5 Å². The Labute approximate surface area is 118 Å². The Bertz CT molecular complexity index is 623. The highest BCUT2D eigenvalue weighted by molar-refractivity contribution is 5.91. The van der Waals surface area contributed by atoms with Gasteiger partial charge in [-0.3, -0.25) is 14.2 Å². The van der Waals surface area contributed by atoms with Gasteiger partial charge >= 0.3 is 0 Å². The number of hydrogen-bond donors (Lipinski definition) is 1. The van der Waals surface area contributed by atoms with Gasteiger partial charge in [-0.2, -0.15) is 10.2 Å². The molecule has 106 valence electrons. The highest BCUT2D eigenvalue weighted by Crippen LogP contribution is 2.08. The third-order valence-corrected chi connectivity index (χ3v) is 3.08. The van der Waals surface area contributed by atoms with E-state index in [9.17, 15) is 4.79 Å². The molecule has 20 heavy (non-hydrogen) atoms. The molecule has 6 heteroatoms. The van der Waals surface area contributed by atoms with Crippen LogP contribution in [0, 0.1) is 6.92 Å². The smallest absolute Gasteiger partial charge is 0.244 e. The zero-order chi connectivity index (χ0) is 14.5. The van der Waals surface area contributed by atoms with Gasteiger partial charge in [-0.15, -0.1) is 0 Å². The molecule has 0 fully saturated rings. The fraction of sp³-hybridized carbons (Fsp3) is 0.357. The zero-order valence-corrected chi connectivity index (χ0v) is 12.0. The topological polar surface area (TPSA) is 64.7 Å². The van der Waals surface area contributed by atoms with Gasteiger partial charge < -0.3 is 5.32 Å². The van der Waals surface area contributed by atoms with Gasteiger partial charge in [0.1, 0.15) is 0 Å². The maximum Gasteiger partial charge on any atom is 0.244 e. The number of rotatable bonds is 5. The molecule has 1 amide bonds. The lowest BCUT2D eigenvalue weighted by molar-refractivity contribution is -0.116. The molecule has 0 saturated heterocycles. The van der Waals surface area contributed by atoms with Crippen LogP contribution in [0.1, 0.15) is 23.7 Å². The monoisotopic (exact) mass is 273 g/mol. The Kier molecular flexibility index (Phi) is 4.34. The first kappa shape index (κ1) is 14.0. The van der Waals surface area contributed by atoms with Gasteiger partial charge in [-0.1, -0.05) is 0 Å². The van der Waals surface area contributed by atoms with Crippen molar-refractivity contribution in [3.63, 3.8) is 0 Å². The molecule has 0 spiro atoms. The fourth-order valence-corrected chi connectivity index (χ4v) is 1.92. The number of carbonyl (C=O) groups is 1. The van der Waals surface area contributed by atoms with E-state index in [1.54, 1.807) is 23.2 Å². The Morgan fingerprint density at radius 2 is 2.20 bits per heavy atom. The molecular weight excluding hydrogens is 254 g/mol. The van der Waals surface area contributed by atoms with Crippen LogP contribution in [0.25, 0.3) is 6.08 Å². The van der Waals surface area contributed by atoms with Crippen LogP contribution >= 0.6 is 0 Å². The number of aryl methyl sites for hydroxylation is 2. The van der Waals surface area contributed by atoms with E-state index in [1.165, 1.54) is 6.08 Å². The molecule has 0 aromatic carbocycles. The highest BCUT2D eigenvalue weighted by atomic mass is 16.1. The van der Waals surface area contributed by atoms with Crippen molar-refractivity contribution in [2.45, 2.75) is 26.9 Å². The van der Waals surface area contributed by atoms with Gasteiger partial charge in [0.15, 0.2) is 0 Å². The quantitative estimate of drug-likeness (QED) is 0.834. The van der Waals surface area contributed by atoms with Gasteiger partial charge in [0, 0.05) is 49.2 Å². The summed E-state index contributed by atoms with van der Waals surface area (Å²) in [6, 6.07) is 0. The first-order chi connectivity index (χ1) is 9.60. The van der Waals surface area contributed by atoms with Crippen molar-refractivity contribution in [3.8, 4) is 0 Å². The Hall–Kier alpha value is -2.37. The summed E-state index contributed by atoms with van der Waals surface area (Å²) in [5, 5.41) is 11.1. The molecule has 0 unspecified atom stereocenters. The third kappa shape index (κ3) is 3.34. The number of amides is 1. The molecule has 2 aromatic heterocycles. The van der Waals surface area contributed by atoms with E-state index < -0.39 is 0 Å². The number of carbonyl (C=O) groups excluding carboxylic acids is 1. The van der Waals surface area contributed by atoms with Crippen LogP contribution in [0.3, 0.4) is 0 Å². The van der Waals surface area contributed by atoms with E-state index in [4.69, 9.17) is 0 Å². The highest BCUT2D eigenvalue weighted by Gasteiger charge is 2.03. The van der Waals surface area contributed by atoms with E-state index in [0.29, 0.717) is 6.54 Å². The molecule has 0 aliphatic rings. The average molecular weight is 273 g/mol. The summed E-state index contributed by atoms with van der Waals surface area (Å²) >= 11 is 0. The second kappa shape index (κ2) is 6.18. The van der Waals surface area contributed by atoms with Crippen LogP contribution in [-0.4, -0.2) is 25.5 Å². The summed E-state index contributed by atoms with van der Waals surface area (Å²) in [7, 11) is 1.85. The van der Waals surface area contributed by atoms with Crippen LogP contribution < -0.4 is 5.32 Å². The normalized spacial score (nSPS) is 11.2. The van der Waals surface area contributed by atoms with E-state index >= 15 is 0 Å². The number of aromatic nitrogens is 4. The SMILES string of the molecule is CCn1ncc(/C=C\C(=O)NCc2cnn(C)c2)c1C. The summed E-state index contributed by atoms with van der Waals surface area (Å²) in [4.78, 5) is 11.7. The minimum atomic E-state index is -0.127. The van der Waals surface area contributed by atoms with Gasteiger partial charge in [0.2, 0.25) is 5.91 Å². The van der Waals surface area contributed by atoms with Gasteiger partial charge in [-0.25, -0.2) is 0 Å². The first-order valence-electron chi connectivity index (χ1n) is 6.56. The lowest BCUT2D eigenvalue weighted by Crippen LogP contribution is -2.19. The maximum atomic E-state index is 11.7. The molecule has 0 bridgehead atoms. The number of nitrogens with zero attached hydrogens (tertiary/aromatic N) is 4. The van der Waals surface area contributed by atoms with Gasteiger partial charge in [0.05, 0.1) is 12.4 Å². The standard InChI is InChI=1S/C14H19N5O/c1-4-19-11(2)13(9-17-19)5-6-14(20)15-7-12-8-16-18(3)10-12/h5-6,8-10H,4,7H2,1-3H3,(H,15,20)/b6-5-. The molecule has 6 nitrogen and oxygen atoms in total. The minimum Gasteiger partial charge on any atom is -0.348 e. The first-order valence-corrected chi connectivity index (χ1v) is 6.56. The predicted molar refractivity (Wildman–Crippen MR) is 76.7 cm³/mol. The lowest BCUT2D eigenvalue weighted by Gasteiger charge is -2.00. The van der Waals surface area contributed by atoms with E-state index in [0.717, 1.165) is 23.4 Å². The maximum absolute atomic E-state index is 11.7. The number of nitrogens with one attached hydrogen (secondary N) is 1. The molecule has 0 atom stereocenters. The Morgan fingerprint density at radius 1 is 1.40 bits per heavy atom. The summed E-state index contributed by atoms with van der Waals surface area (Å²) in [6.07, 6.45) is 8.69. The Balaban J connectivity index is 1.90.